The van der Waals surface area contributed by atoms with Crippen LogP contribution >= 0.6 is 0 Å². The molecule has 1 aromatic carbocycles. The molecule has 1 aromatic rings. The zero-order chi connectivity index (χ0) is 13.8. The predicted molar refractivity (Wildman–Crippen MR) is 63.0 cm³/mol. The van der Waals surface area contributed by atoms with Crippen LogP contribution in [0.1, 0.15) is 5.56 Å². The lowest BCUT2D eigenvalue weighted by atomic mass is 10.2. The quantitative estimate of drug-likeness (QED) is 0.703. The van der Waals surface area contributed by atoms with Crippen molar-refractivity contribution in [1.29, 1.82) is 0 Å². The second-order valence-corrected chi connectivity index (χ2v) is 4.20. The van der Waals surface area contributed by atoms with Gasteiger partial charge in [-0.25, -0.2) is 8.78 Å². The van der Waals surface area contributed by atoms with E-state index in [4.69, 9.17) is 0 Å². The van der Waals surface area contributed by atoms with Crippen molar-refractivity contribution in [2.75, 3.05) is 13.1 Å². The van der Waals surface area contributed by atoms with E-state index in [0.717, 1.165) is 12.1 Å². The van der Waals surface area contributed by atoms with Crippen molar-refractivity contribution in [3.8, 4) is 0 Å². The van der Waals surface area contributed by atoms with Crippen LogP contribution in [-0.2, 0) is 16.1 Å². The van der Waals surface area contributed by atoms with E-state index in [-0.39, 0.29) is 31.4 Å². The van der Waals surface area contributed by atoms with E-state index in [1.807, 2.05) is 0 Å². The van der Waals surface area contributed by atoms with E-state index in [9.17, 15) is 18.4 Å². The number of carbonyl (C=O) groups excluding carboxylic acids is 2. The molecule has 0 radical (unpaired) electrons. The first-order valence-corrected chi connectivity index (χ1v) is 5.78. The molecule has 1 aliphatic rings. The number of piperazine rings is 1. The summed E-state index contributed by atoms with van der Waals surface area (Å²) in [6.07, 6.45) is 0. The Bertz CT molecular complexity index is 498. The van der Waals surface area contributed by atoms with Crippen LogP contribution in [0.2, 0.25) is 0 Å². The minimum atomic E-state index is -0.949. The predicted octanol–water partition coefficient (Wildman–Crippen LogP) is -0.331. The second-order valence-electron chi connectivity index (χ2n) is 4.20. The van der Waals surface area contributed by atoms with Crippen LogP contribution < -0.4 is 16.0 Å². The topological polar surface area (TPSA) is 70.2 Å². The van der Waals surface area contributed by atoms with Gasteiger partial charge in [0.15, 0.2) is 11.6 Å². The van der Waals surface area contributed by atoms with Crippen LogP contribution in [0.25, 0.3) is 0 Å². The van der Waals surface area contributed by atoms with Crippen LogP contribution in [-0.4, -0.2) is 30.9 Å². The van der Waals surface area contributed by atoms with Crippen LogP contribution in [0, 0.1) is 11.6 Å². The summed E-state index contributed by atoms with van der Waals surface area (Å²) in [5, 5.41) is 7.91. The summed E-state index contributed by atoms with van der Waals surface area (Å²) in [5.41, 5.74) is 0.465. The normalized spacial score (nSPS) is 18.8. The Morgan fingerprint density at radius 3 is 2.79 bits per heavy atom. The van der Waals surface area contributed by atoms with Crippen molar-refractivity contribution < 1.29 is 18.4 Å². The summed E-state index contributed by atoms with van der Waals surface area (Å²) in [6, 6.07) is 2.93. The summed E-state index contributed by atoms with van der Waals surface area (Å²) in [7, 11) is 0. The number of hydrogen-bond donors (Lipinski definition) is 3. The third kappa shape index (κ3) is 3.47. The third-order valence-electron chi connectivity index (χ3n) is 2.78. The van der Waals surface area contributed by atoms with E-state index in [0.29, 0.717) is 5.56 Å². The average Bonchev–Trinajstić information content (AvgIpc) is 2.40. The van der Waals surface area contributed by atoms with E-state index in [1.165, 1.54) is 6.07 Å². The maximum atomic E-state index is 13.0. The van der Waals surface area contributed by atoms with Crippen LogP contribution in [0.4, 0.5) is 8.78 Å². The Balaban J connectivity index is 1.86. The van der Waals surface area contributed by atoms with E-state index < -0.39 is 17.7 Å². The minimum Gasteiger partial charge on any atom is -0.353 e. The fourth-order valence-corrected chi connectivity index (χ4v) is 1.71. The molecule has 1 fully saturated rings. The SMILES string of the molecule is O=C1CNC(C(=O)NCc2ccc(F)c(F)c2)CN1. The highest BCUT2D eigenvalue weighted by Gasteiger charge is 2.23. The van der Waals surface area contributed by atoms with E-state index in [1.54, 1.807) is 0 Å². The molecule has 0 spiro atoms. The van der Waals surface area contributed by atoms with Gasteiger partial charge >= 0.3 is 0 Å². The Morgan fingerprint density at radius 2 is 2.16 bits per heavy atom. The monoisotopic (exact) mass is 269 g/mol. The van der Waals surface area contributed by atoms with Gasteiger partial charge in [0.1, 0.15) is 6.04 Å². The van der Waals surface area contributed by atoms with Gasteiger partial charge in [0.25, 0.3) is 0 Å². The molecule has 5 nitrogen and oxygen atoms in total. The van der Waals surface area contributed by atoms with Crippen molar-refractivity contribution in [3.63, 3.8) is 0 Å². The molecule has 1 saturated heterocycles. The molecule has 1 atom stereocenters. The van der Waals surface area contributed by atoms with E-state index in [2.05, 4.69) is 16.0 Å². The summed E-state index contributed by atoms with van der Waals surface area (Å²) < 4.78 is 25.7. The maximum Gasteiger partial charge on any atom is 0.239 e. The lowest BCUT2D eigenvalue weighted by Crippen LogP contribution is -2.57. The maximum absolute atomic E-state index is 13.0. The van der Waals surface area contributed by atoms with E-state index >= 15 is 0 Å². The highest BCUT2D eigenvalue weighted by atomic mass is 19.2. The zero-order valence-electron chi connectivity index (χ0n) is 10.0. The Labute approximate surface area is 108 Å². The molecule has 19 heavy (non-hydrogen) atoms. The number of carbonyl (C=O) groups is 2. The number of rotatable bonds is 3. The summed E-state index contributed by atoms with van der Waals surface area (Å²) in [6.45, 7) is 0.397. The molecule has 2 amide bonds. The average molecular weight is 269 g/mol. The molecule has 3 N–H and O–H groups in total. The molecular weight excluding hydrogens is 256 g/mol. The van der Waals surface area contributed by atoms with Crippen LogP contribution in [0.3, 0.4) is 0 Å². The Hall–Kier alpha value is -2.02. The first kappa shape index (κ1) is 13.4. The molecule has 2 rings (SSSR count). The standard InChI is InChI=1S/C12H13F2N3O2/c13-8-2-1-7(3-9(8)14)4-17-12(19)10-5-16-11(18)6-15-10/h1-3,10,15H,4-6H2,(H,16,18)(H,17,19). The molecular formula is C12H13F2N3O2. The minimum absolute atomic E-state index is 0.0866. The molecule has 0 aliphatic carbocycles. The van der Waals surface area contributed by atoms with Gasteiger partial charge in [-0.05, 0) is 17.7 Å². The zero-order valence-corrected chi connectivity index (χ0v) is 10.0. The largest absolute Gasteiger partial charge is 0.353 e. The molecule has 1 aliphatic heterocycles. The molecule has 1 unspecified atom stereocenters. The van der Waals surface area contributed by atoms with Crippen molar-refractivity contribution in [2.45, 2.75) is 12.6 Å². The van der Waals surface area contributed by atoms with Crippen molar-refractivity contribution in [3.05, 3.63) is 35.4 Å². The number of benzene rings is 1. The lowest BCUT2D eigenvalue weighted by Gasteiger charge is -2.23. The third-order valence-corrected chi connectivity index (χ3v) is 2.78. The van der Waals surface area contributed by atoms with Gasteiger partial charge in [0.05, 0.1) is 6.54 Å². The van der Waals surface area contributed by atoms with Crippen molar-refractivity contribution in [1.82, 2.24) is 16.0 Å². The van der Waals surface area contributed by atoms with Gasteiger partial charge in [-0.15, -0.1) is 0 Å². The fraction of sp³-hybridized carbons (Fsp3) is 0.333. The first-order chi connectivity index (χ1) is 9.06. The van der Waals surface area contributed by atoms with Crippen molar-refractivity contribution >= 4 is 11.8 Å². The Morgan fingerprint density at radius 1 is 1.37 bits per heavy atom. The molecule has 0 bridgehead atoms. The number of nitrogens with one attached hydrogen (secondary N) is 3. The Kier molecular flexibility index (Phi) is 4.06. The van der Waals surface area contributed by atoms with Gasteiger partial charge in [-0.1, -0.05) is 6.07 Å². The van der Waals surface area contributed by atoms with Gasteiger partial charge in [-0.2, -0.15) is 0 Å². The number of amides is 2. The van der Waals surface area contributed by atoms with Crippen LogP contribution in [0.15, 0.2) is 18.2 Å². The van der Waals surface area contributed by atoms with Gasteiger partial charge < -0.3 is 10.6 Å². The lowest BCUT2D eigenvalue weighted by molar-refractivity contribution is -0.126. The van der Waals surface area contributed by atoms with Gasteiger partial charge in [0.2, 0.25) is 11.8 Å². The summed E-state index contributed by atoms with van der Waals surface area (Å²) >= 11 is 0. The molecule has 102 valence electrons. The van der Waals surface area contributed by atoms with Gasteiger partial charge in [0, 0.05) is 13.1 Å². The summed E-state index contributed by atoms with van der Waals surface area (Å²) in [5.74, 6) is -2.34. The second kappa shape index (κ2) is 5.75. The molecule has 0 saturated carbocycles. The molecule has 1 heterocycles. The summed E-state index contributed by atoms with van der Waals surface area (Å²) in [4.78, 5) is 22.6. The van der Waals surface area contributed by atoms with Crippen molar-refractivity contribution in [2.24, 2.45) is 0 Å². The highest BCUT2D eigenvalue weighted by molar-refractivity contribution is 5.86. The highest BCUT2D eigenvalue weighted by Crippen LogP contribution is 2.08. The smallest absolute Gasteiger partial charge is 0.239 e. The van der Waals surface area contributed by atoms with Gasteiger partial charge in [-0.3, -0.25) is 14.9 Å². The molecule has 0 aromatic heterocycles. The van der Waals surface area contributed by atoms with Crippen LogP contribution in [0.5, 0.6) is 0 Å². The fourth-order valence-electron chi connectivity index (χ4n) is 1.71. The number of hydrogen-bond acceptors (Lipinski definition) is 3. The number of halogens is 2. The molecule has 7 heteroatoms. The first-order valence-electron chi connectivity index (χ1n) is 5.78.